The molecule has 1 saturated carbocycles. The van der Waals surface area contributed by atoms with Gasteiger partial charge in [0.1, 0.15) is 5.82 Å². The molecule has 2 aromatic heterocycles. The summed E-state index contributed by atoms with van der Waals surface area (Å²) < 4.78 is 3.14. The number of rotatable bonds is 1. The molecule has 3 rings (SSSR count). The van der Waals surface area contributed by atoms with Gasteiger partial charge < -0.3 is 10.1 Å². The van der Waals surface area contributed by atoms with Crippen LogP contribution in [0.5, 0.6) is 0 Å². The number of imidazole rings is 1. The Bertz CT molecular complexity index is 514. The van der Waals surface area contributed by atoms with Crippen LogP contribution in [0.15, 0.2) is 29.0 Å². The maximum atomic E-state index is 6.29. The van der Waals surface area contributed by atoms with Crippen LogP contribution in [0.4, 0.5) is 0 Å². The van der Waals surface area contributed by atoms with Crippen molar-refractivity contribution in [3.63, 3.8) is 0 Å². The molecule has 0 aromatic carbocycles. The molecule has 0 aliphatic heterocycles. The monoisotopic (exact) mass is 265 g/mol. The molecule has 1 fully saturated rings. The summed E-state index contributed by atoms with van der Waals surface area (Å²) in [6.07, 6.45) is 7.20. The van der Waals surface area contributed by atoms with Gasteiger partial charge in [0.2, 0.25) is 0 Å². The van der Waals surface area contributed by atoms with Crippen molar-refractivity contribution in [2.24, 2.45) is 5.73 Å². The minimum Gasteiger partial charge on any atom is -0.319 e. The molecule has 4 heteroatoms. The average Bonchev–Trinajstić information content (AvgIpc) is 2.57. The Kier molecular flexibility index (Phi) is 1.91. The largest absolute Gasteiger partial charge is 0.319 e. The van der Waals surface area contributed by atoms with Crippen LogP contribution in [0.3, 0.4) is 0 Å². The predicted molar refractivity (Wildman–Crippen MR) is 62.6 cm³/mol. The lowest BCUT2D eigenvalue weighted by Crippen LogP contribution is -2.44. The smallest absolute Gasteiger partial charge is 0.133 e. The van der Waals surface area contributed by atoms with Crippen LogP contribution in [0.25, 0.3) is 5.52 Å². The molecule has 2 aromatic rings. The van der Waals surface area contributed by atoms with Crippen LogP contribution in [0, 0.1) is 0 Å². The lowest BCUT2D eigenvalue weighted by molar-refractivity contribution is 0.237. The minimum atomic E-state index is -0.201. The molecule has 78 valence electrons. The van der Waals surface area contributed by atoms with Gasteiger partial charge in [-0.05, 0) is 47.3 Å². The van der Waals surface area contributed by atoms with E-state index in [1.54, 1.807) is 0 Å². The van der Waals surface area contributed by atoms with Crippen molar-refractivity contribution in [1.82, 2.24) is 9.38 Å². The molecule has 0 atom stereocenters. The van der Waals surface area contributed by atoms with Crippen molar-refractivity contribution in [3.05, 3.63) is 34.8 Å². The number of nitrogens with zero attached hydrogens (tertiary/aromatic N) is 2. The van der Waals surface area contributed by atoms with Crippen molar-refractivity contribution in [2.75, 3.05) is 0 Å². The van der Waals surface area contributed by atoms with E-state index in [9.17, 15) is 0 Å². The number of hydrogen-bond donors (Lipinski definition) is 1. The number of pyridine rings is 1. The van der Waals surface area contributed by atoms with Crippen LogP contribution in [0.2, 0.25) is 0 Å². The first-order valence-corrected chi connectivity index (χ1v) is 5.90. The number of halogens is 1. The van der Waals surface area contributed by atoms with E-state index in [1.807, 2.05) is 24.5 Å². The molecule has 2 heterocycles. The molecular formula is C11H12BrN3. The van der Waals surface area contributed by atoms with Crippen LogP contribution < -0.4 is 5.73 Å². The summed E-state index contributed by atoms with van der Waals surface area (Å²) in [5, 5.41) is 0. The number of hydrogen-bond acceptors (Lipinski definition) is 2. The Morgan fingerprint density at radius 3 is 2.87 bits per heavy atom. The number of nitrogens with two attached hydrogens (primary N) is 1. The van der Waals surface area contributed by atoms with Gasteiger partial charge in [-0.3, -0.25) is 0 Å². The SMILES string of the molecule is NC1(c2ncc3ccc(Br)cn23)CCC1. The molecule has 0 saturated heterocycles. The molecule has 1 aliphatic rings. The van der Waals surface area contributed by atoms with E-state index >= 15 is 0 Å². The normalized spacial score (nSPS) is 19.1. The van der Waals surface area contributed by atoms with Crippen molar-refractivity contribution in [3.8, 4) is 0 Å². The van der Waals surface area contributed by atoms with E-state index in [0.29, 0.717) is 0 Å². The zero-order valence-corrected chi connectivity index (χ0v) is 9.87. The highest BCUT2D eigenvalue weighted by molar-refractivity contribution is 9.10. The van der Waals surface area contributed by atoms with Gasteiger partial charge in [-0.15, -0.1) is 0 Å². The molecule has 1 aliphatic carbocycles. The Balaban J connectivity index is 2.22. The third-order valence-corrected chi connectivity index (χ3v) is 3.65. The highest BCUT2D eigenvalue weighted by Gasteiger charge is 2.37. The first kappa shape index (κ1) is 9.36. The van der Waals surface area contributed by atoms with Gasteiger partial charge in [0.25, 0.3) is 0 Å². The van der Waals surface area contributed by atoms with Crippen LogP contribution in [-0.2, 0) is 5.54 Å². The third kappa shape index (κ3) is 1.32. The van der Waals surface area contributed by atoms with Crippen LogP contribution in [0.1, 0.15) is 25.1 Å². The molecule has 0 unspecified atom stereocenters. The summed E-state index contributed by atoms with van der Waals surface area (Å²) in [4.78, 5) is 4.45. The van der Waals surface area contributed by atoms with Crippen LogP contribution in [-0.4, -0.2) is 9.38 Å². The zero-order valence-electron chi connectivity index (χ0n) is 8.28. The van der Waals surface area contributed by atoms with Gasteiger partial charge in [-0.2, -0.15) is 0 Å². The van der Waals surface area contributed by atoms with Gasteiger partial charge >= 0.3 is 0 Å². The molecule has 3 nitrogen and oxygen atoms in total. The van der Waals surface area contributed by atoms with Gasteiger partial charge in [0.05, 0.1) is 17.3 Å². The van der Waals surface area contributed by atoms with Crippen LogP contribution >= 0.6 is 15.9 Å². The molecular weight excluding hydrogens is 254 g/mol. The second kappa shape index (κ2) is 3.06. The first-order chi connectivity index (χ1) is 7.19. The van der Waals surface area contributed by atoms with Gasteiger partial charge in [-0.25, -0.2) is 4.98 Å². The summed E-state index contributed by atoms with van der Waals surface area (Å²) in [6, 6.07) is 4.06. The lowest BCUT2D eigenvalue weighted by Gasteiger charge is -2.36. The Morgan fingerprint density at radius 2 is 2.20 bits per heavy atom. The fourth-order valence-corrected chi connectivity index (χ4v) is 2.45. The predicted octanol–water partition coefficient (Wildman–Crippen LogP) is 2.43. The highest BCUT2D eigenvalue weighted by Crippen LogP contribution is 2.38. The van der Waals surface area contributed by atoms with E-state index in [4.69, 9.17) is 5.73 Å². The van der Waals surface area contributed by atoms with Gasteiger partial charge in [-0.1, -0.05) is 0 Å². The summed E-state index contributed by atoms with van der Waals surface area (Å²) in [7, 11) is 0. The number of aromatic nitrogens is 2. The summed E-state index contributed by atoms with van der Waals surface area (Å²) in [5.74, 6) is 0.991. The van der Waals surface area contributed by atoms with Crippen molar-refractivity contribution in [2.45, 2.75) is 24.8 Å². The maximum absolute atomic E-state index is 6.29. The summed E-state index contributed by atoms with van der Waals surface area (Å²) >= 11 is 3.47. The van der Waals surface area contributed by atoms with E-state index in [2.05, 4.69) is 25.3 Å². The second-order valence-electron chi connectivity index (χ2n) is 4.23. The maximum Gasteiger partial charge on any atom is 0.133 e. The Labute approximate surface area is 96.4 Å². The van der Waals surface area contributed by atoms with E-state index in [0.717, 1.165) is 28.7 Å². The van der Waals surface area contributed by atoms with Gasteiger partial charge in [0.15, 0.2) is 0 Å². The molecule has 0 bridgehead atoms. The molecule has 2 N–H and O–H groups in total. The van der Waals surface area contributed by atoms with Crippen molar-refractivity contribution < 1.29 is 0 Å². The first-order valence-electron chi connectivity index (χ1n) is 5.11. The topological polar surface area (TPSA) is 43.3 Å². The van der Waals surface area contributed by atoms with E-state index < -0.39 is 0 Å². The Hall–Kier alpha value is -0.870. The zero-order chi connectivity index (χ0) is 10.5. The summed E-state index contributed by atoms with van der Waals surface area (Å²) in [6.45, 7) is 0. The minimum absolute atomic E-state index is 0.201. The summed E-state index contributed by atoms with van der Waals surface area (Å²) in [5.41, 5.74) is 7.19. The fraction of sp³-hybridized carbons (Fsp3) is 0.364. The lowest BCUT2D eigenvalue weighted by atomic mass is 9.77. The van der Waals surface area contributed by atoms with Crippen molar-refractivity contribution >= 4 is 21.4 Å². The standard InChI is InChI=1S/C11H12BrN3/c12-8-2-3-9-6-14-10(15(9)7-8)11(13)4-1-5-11/h2-3,6-7H,1,4-5,13H2. The van der Waals surface area contributed by atoms with Crippen molar-refractivity contribution in [1.29, 1.82) is 0 Å². The fourth-order valence-electron chi connectivity index (χ4n) is 2.11. The van der Waals surface area contributed by atoms with Gasteiger partial charge in [0, 0.05) is 10.7 Å². The molecule has 0 radical (unpaired) electrons. The van der Waals surface area contributed by atoms with E-state index in [1.165, 1.54) is 6.42 Å². The molecule has 0 amide bonds. The second-order valence-corrected chi connectivity index (χ2v) is 5.15. The number of fused-ring (bicyclic) bond motifs is 1. The average molecular weight is 266 g/mol. The third-order valence-electron chi connectivity index (χ3n) is 3.18. The molecule has 15 heavy (non-hydrogen) atoms. The highest BCUT2D eigenvalue weighted by atomic mass is 79.9. The Morgan fingerprint density at radius 1 is 1.40 bits per heavy atom. The van der Waals surface area contributed by atoms with E-state index in [-0.39, 0.29) is 5.54 Å². The quantitative estimate of drug-likeness (QED) is 0.861. The molecule has 0 spiro atoms.